The van der Waals surface area contributed by atoms with Crippen LogP contribution in [0.3, 0.4) is 0 Å². The number of hydrogen-bond donors (Lipinski definition) is 0. The molecule has 1 aromatic carbocycles. The lowest BCUT2D eigenvalue weighted by Gasteiger charge is -2.29. The Bertz CT molecular complexity index is 467. The van der Waals surface area contributed by atoms with E-state index in [1.165, 1.54) is 0 Å². The van der Waals surface area contributed by atoms with Gasteiger partial charge >= 0.3 is 0 Å². The van der Waals surface area contributed by atoms with Gasteiger partial charge in [0.1, 0.15) is 0 Å². The highest BCUT2D eigenvalue weighted by Gasteiger charge is 2.30. The smallest absolute Gasteiger partial charge is 0.222 e. The van der Waals surface area contributed by atoms with Gasteiger partial charge in [-0.05, 0) is 11.8 Å². The minimum Gasteiger partial charge on any atom is -0.349 e. The lowest BCUT2D eigenvalue weighted by atomic mass is 9.76. The van der Waals surface area contributed by atoms with Crippen LogP contribution >= 0.6 is 0 Å². The summed E-state index contributed by atoms with van der Waals surface area (Å²) in [6, 6.07) is 9.35. The van der Waals surface area contributed by atoms with Crippen molar-refractivity contribution in [1.29, 1.82) is 0 Å². The first kappa shape index (κ1) is 17.4. The molecule has 0 aliphatic rings. The van der Waals surface area contributed by atoms with Crippen LogP contribution in [0.1, 0.15) is 56.3 Å². The Labute approximate surface area is 128 Å². The van der Waals surface area contributed by atoms with Crippen molar-refractivity contribution in [2.75, 3.05) is 14.1 Å². The van der Waals surface area contributed by atoms with Gasteiger partial charge in [0.15, 0.2) is 5.78 Å². The molecule has 3 nitrogen and oxygen atoms in total. The normalized spacial score (nSPS) is 13.5. The molecule has 0 aliphatic carbocycles. The lowest BCUT2D eigenvalue weighted by molar-refractivity contribution is -0.131. The number of rotatable bonds is 8. The van der Waals surface area contributed by atoms with Crippen molar-refractivity contribution >= 4 is 11.7 Å². The molecule has 0 saturated heterocycles. The van der Waals surface area contributed by atoms with Gasteiger partial charge in [-0.2, -0.15) is 0 Å². The molecule has 1 amide bonds. The van der Waals surface area contributed by atoms with Gasteiger partial charge in [0.2, 0.25) is 5.91 Å². The Morgan fingerprint density at radius 1 is 1.10 bits per heavy atom. The molecule has 0 unspecified atom stereocenters. The van der Waals surface area contributed by atoms with Crippen LogP contribution in [0.5, 0.6) is 0 Å². The molecule has 0 radical (unpaired) electrons. The highest BCUT2D eigenvalue weighted by atomic mass is 16.2. The maximum absolute atomic E-state index is 12.4. The summed E-state index contributed by atoms with van der Waals surface area (Å²) >= 11 is 0. The summed E-state index contributed by atoms with van der Waals surface area (Å²) in [5.74, 6) is 0.218. The Morgan fingerprint density at radius 3 is 2.24 bits per heavy atom. The zero-order chi connectivity index (χ0) is 15.9. The highest BCUT2D eigenvalue weighted by Crippen LogP contribution is 2.34. The SMILES string of the molecule is CCCC[C@@](C)(CC(=O)c1ccccc1)CC(=O)N(C)C. The fourth-order valence-corrected chi connectivity index (χ4v) is 2.48. The third kappa shape index (κ3) is 5.70. The Morgan fingerprint density at radius 2 is 1.71 bits per heavy atom. The summed E-state index contributed by atoms with van der Waals surface area (Å²) in [7, 11) is 3.53. The third-order valence-electron chi connectivity index (χ3n) is 3.89. The average molecular weight is 289 g/mol. The lowest BCUT2D eigenvalue weighted by Crippen LogP contribution is -2.31. The van der Waals surface area contributed by atoms with E-state index in [2.05, 4.69) is 13.8 Å². The molecule has 0 fully saturated rings. The number of ketones is 1. The van der Waals surface area contributed by atoms with Crippen LogP contribution in [0.4, 0.5) is 0 Å². The second-order valence-corrected chi connectivity index (χ2v) is 6.35. The van der Waals surface area contributed by atoms with E-state index in [-0.39, 0.29) is 17.1 Å². The maximum atomic E-state index is 12.4. The first-order valence-corrected chi connectivity index (χ1v) is 7.66. The van der Waals surface area contributed by atoms with E-state index in [1.807, 2.05) is 30.3 Å². The van der Waals surface area contributed by atoms with E-state index >= 15 is 0 Å². The van der Waals surface area contributed by atoms with Gasteiger partial charge in [-0.25, -0.2) is 0 Å². The van der Waals surface area contributed by atoms with Crippen LogP contribution in [-0.2, 0) is 4.79 Å². The van der Waals surface area contributed by atoms with Crippen molar-refractivity contribution in [1.82, 2.24) is 4.90 Å². The zero-order valence-electron chi connectivity index (χ0n) is 13.7. The molecule has 1 aromatic rings. The van der Waals surface area contributed by atoms with Gasteiger partial charge in [0.05, 0.1) is 0 Å². The predicted octanol–water partition coefficient (Wildman–Crippen LogP) is 3.93. The summed E-state index contributed by atoms with van der Waals surface area (Å²) in [6.07, 6.45) is 3.88. The van der Waals surface area contributed by atoms with Crippen LogP contribution in [0.25, 0.3) is 0 Å². The van der Waals surface area contributed by atoms with Gasteiger partial charge in [-0.1, -0.05) is 57.0 Å². The number of carbonyl (C=O) groups is 2. The monoisotopic (exact) mass is 289 g/mol. The molecule has 0 bridgehead atoms. The minimum atomic E-state index is -0.260. The van der Waals surface area contributed by atoms with E-state index in [9.17, 15) is 9.59 Å². The molecule has 1 atom stereocenters. The van der Waals surface area contributed by atoms with Crippen molar-refractivity contribution in [2.24, 2.45) is 5.41 Å². The second kappa shape index (κ2) is 7.96. The number of Topliss-reactive ketones (excluding diaryl/α,β-unsaturated/α-hetero) is 1. The van der Waals surface area contributed by atoms with Gasteiger partial charge < -0.3 is 4.90 Å². The van der Waals surface area contributed by atoms with E-state index < -0.39 is 0 Å². The minimum absolute atomic E-state index is 0.0921. The van der Waals surface area contributed by atoms with E-state index in [0.717, 1.165) is 24.8 Å². The van der Waals surface area contributed by atoms with Crippen LogP contribution in [0, 0.1) is 5.41 Å². The largest absolute Gasteiger partial charge is 0.349 e. The Kier molecular flexibility index (Phi) is 6.60. The molecule has 0 saturated carbocycles. The highest BCUT2D eigenvalue weighted by molar-refractivity contribution is 5.96. The van der Waals surface area contributed by atoms with Crippen molar-refractivity contribution < 1.29 is 9.59 Å². The maximum Gasteiger partial charge on any atom is 0.222 e. The van der Waals surface area contributed by atoms with E-state index in [0.29, 0.717) is 12.8 Å². The summed E-state index contributed by atoms with van der Waals surface area (Å²) in [4.78, 5) is 26.1. The van der Waals surface area contributed by atoms with Crippen LogP contribution < -0.4 is 0 Å². The number of unbranched alkanes of at least 4 members (excludes halogenated alkanes) is 1. The molecule has 0 N–H and O–H groups in total. The van der Waals surface area contributed by atoms with Crippen molar-refractivity contribution in [2.45, 2.75) is 46.0 Å². The predicted molar refractivity (Wildman–Crippen MR) is 86.3 cm³/mol. The van der Waals surface area contributed by atoms with Gasteiger partial charge in [0, 0.05) is 32.5 Å². The second-order valence-electron chi connectivity index (χ2n) is 6.35. The first-order valence-electron chi connectivity index (χ1n) is 7.66. The van der Waals surface area contributed by atoms with E-state index in [4.69, 9.17) is 0 Å². The van der Waals surface area contributed by atoms with Gasteiger partial charge in [-0.3, -0.25) is 9.59 Å². The van der Waals surface area contributed by atoms with Crippen LogP contribution in [0.2, 0.25) is 0 Å². The van der Waals surface area contributed by atoms with Crippen molar-refractivity contribution in [3.8, 4) is 0 Å². The fraction of sp³-hybridized carbons (Fsp3) is 0.556. The molecular formula is C18H27NO2. The van der Waals surface area contributed by atoms with Crippen molar-refractivity contribution in [3.63, 3.8) is 0 Å². The van der Waals surface area contributed by atoms with Gasteiger partial charge in [-0.15, -0.1) is 0 Å². The molecule has 0 heterocycles. The van der Waals surface area contributed by atoms with Gasteiger partial charge in [0.25, 0.3) is 0 Å². The molecule has 0 aromatic heterocycles. The zero-order valence-corrected chi connectivity index (χ0v) is 13.7. The van der Waals surface area contributed by atoms with Crippen molar-refractivity contribution in [3.05, 3.63) is 35.9 Å². The summed E-state index contributed by atoms with van der Waals surface area (Å²) < 4.78 is 0. The Balaban J connectivity index is 2.81. The number of amides is 1. The quantitative estimate of drug-likeness (QED) is 0.680. The average Bonchev–Trinajstić information content (AvgIpc) is 2.45. The summed E-state index contributed by atoms with van der Waals surface area (Å²) in [6.45, 7) is 4.19. The number of hydrogen-bond acceptors (Lipinski definition) is 2. The van der Waals surface area contributed by atoms with Crippen LogP contribution in [0.15, 0.2) is 30.3 Å². The fourth-order valence-electron chi connectivity index (χ4n) is 2.48. The Hall–Kier alpha value is -1.64. The molecule has 116 valence electrons. The summed E-state index contributed by atoms with van der Waals surface area (Å²) in [5, 5.41) is 0. The molecular weight excluding hydrogens is 262 g/mol. The molecule has 3 heteroatoms. The van der Waals surface area contributed by atoms with Crippen LogP contribution in [-0.4, -0.2) is 30.7 Å². The number of benzene rings is 1. The topological polar surface area (TPSA) is 37.4 Å². The summed E-state index contributed by atoms with van der Waals surface area (Å²) in [5.41, 5.74) is 0.474. The molecule has 1 rings (SSSR count). The first-order chi connectivity index (χ1) is 9.88. The number of nitrogens with zero attached hydrogens (tertiary/aromatic N) is 1. The standard InChI is InChI=1S/C18H27NO2/c1-5-6-12-18(2,14-17(21)19(3)4)13-16(20)15-10-8-7-9-11-15/h7-11H,5-6,12-14H2,1-4H3/t18-/m0/s1. The molecule has 21 heavy (non-hydrogen) atoms. The molecule has 0 aliphatic heterocycles. The third-order valence-corrected chi connectivity index (χ3v) is 3.89. The number of carbonyl (C=O) groups excluding carboxylic acids is 2. The van der Waals surface area contributed by atoms with E-state index in [1.54, 1.807) is 19.0 Å². The molecule has 0 spiro atoms.